The van der Waals surface area contributed by atoms with Crippen molar-refractivity contribution >= 4 is 17.6 Å². The van der Waals surface area contributed by atoms with E-state index >= 15 is 0 Å². The van der Waals surface area contributed by atoms with Gasteiger partial charge in [-0.05, 0) is 30.3 Å². The molecule has 0 unspecified atom stereocenters. The Kier molecular flexibility index (Phi) is 3.61. The zero-order chi connectivity index (χ0) is 15.5. The number of nitro benzene ring substituents is 1. The number of benzene rings is 2. The Hall–Kier alpha value is -3.09. The summed E-state index contributed by atoms with van der Waals surface area (Å²) in [5, 5.41) is 11.1. The number of ether oxygens (including phenoxy) is 3. The van der Waals surface area contributed by atoms with E-state index < -0.39 is 4.92 Å². The summed E-state index contributed by atoms with van der Waals surface area (Å²) in [5.74, 6) is 1.56. The standard InChI is InChI=1S/C15H12N2O5/c1-20-12-4-2-11(3-5-12)16-8-10-6-14-15(22-9-21-14)7-13(10)17(18)19/h2-8H,9H2,1H3. The van der Waals surface area contributed by atoms with Crippen LogP contribution in [0.15, 0.2) is 41.4 Å². The molecule has 7 heteroatoms. The highest BCUT2D eigenvalue weighted by Gasteiger charge is 2.22. The van der Waals surface area contributed by atoms with Crippen molar-refractivity contribution in [3.63, 3.8) is 0 Å². The molecule has 0 aliphatic carbocycles. The Morgan fingerprint density at radius 3 is 2.55 bits per heavy atom. The topological polar surface area (TPSA) is 83.2 Å². The maximum atomic E-state index is 11.1. The van der Waals surface area contributed by atoms with Crippen LogP contribution in [0.5, 0.6) is 17.2 Å². The van der Waals surface area contributed by atoms with E-state index in [4.69, 9.17) is 14.2 Å². The van der Waals surface area contributed by atoms with Gasteiger partial charge in [-0.25, -0.2) is 0 Å². The molecule has 0 fully saturated rings. The largest absolute Gasteiger partial charge is 0.497 e. The van der Waals surface area contributed by atoms with Crippen molar-refractivity contribution < 1.29 is 19.1 Å². The van der Waals surface area contributed by atoms with Crippen molar-refractivity contribution in [3.05, 3.63) is 52.1 Å². The number of aliphatic imine (C=N–C) groups is 1. The minimum Gasteiger partial charge on any atom is -0.497 e. The molecule has 0 bridgehead atoms. The summed E-state index contributed by atoms with van der Waals surface area (Å²) in [7, 11) is 1.58. The van der Waals surface area contributed by atoms with E-state index in [0.29, 0.717) is 28.5 Å². The maximum Gasteiger partial charge on any atom is 0.282 e. The predicted octanol–water partition coefficient (Wildman–Crippen LogP) is 3.08. The van der Waals surface area contributed by atoms with Crippen LogP contribution in [-0.2, 0) is 0 Å². The van der Waals surface area contributed by atoms with E-state index in [1.165, 1.54) is 12.3 Å². The van der Waals surface area contributed by atoms with E-state index in [1.54, 1.807) is 37.4 Å². The second-order valence-corrected chi connectivity index (χ2v) is 4.48. The molecular formula is C15H12N2O5. The van der Waals surface area contributed by atoms with E-state index in [9.17, 15) is 10.1 Å². The van der Waals surface area contributed by atoms with Crippen molar-refractivity contribution in [2.24, 2.45) is 4.99 Å². The summed E-state index contributed by atoms with van der Waals surface area (Å²) in [5.41, 5.74) is 0.930. The lowest BCUT2D eigenvalue weighted by molar-refractivity contribution is -0.385. The first kappa shape index (κ1) is 13.9. The molecule has 112 valence electrons. The molecule has 0 aromatic heterocycles. The lowest BCUT2D eigenvalue weighted by Gasteiger charge is -2.01. The van der Waals surface area contributed by atoms with E-state index in [2.05, 4.69) is 4.99 Å². The van der Waals surface area contributed by atoms with Gasteiger partial charge >= 0.3 is 0 Å². The van der Waals surface area contributed by atoms with E-state index in [-0.39, 0.29) is 12.5 Å². The third kappa shape index (κ3) is 2.69. The number of methoxy groups -OCH3 is 1. The molecule has 0 amide bonds. The Labute approximate surface area is 125 Å². The first-order chi connectivity index (χ1) is 10.7. The van der Waals surface area contributed by atoms with Gasteiger partial charge in [-0.15, -0.1) is 0 Å². The van der Waals surface area contributed by atoms with Crippen LogP contribution in [-0.4, -0.2) is 25.0 Å². The van der Waals surface area contributed by atoms with Crippen LogP contribution in [0.3, 0.4) is 0 Å². The molecular weight excluding hydrogens is 288 g/mol. The number of nitrogens with zero attached hydrogens (tertiary/aromatic N) is 2. The maximum absolute atomic E-state index is 11.1. The minimum atomic E-state index is -0.475. The highest BCUT2D eigenvalue weighted by molar-refractivity contribution is 5.88. The molecule has 1 heterocycles. The summed E-state index contributed by atoms with van der Waals surface area (Å²) in [6.07, 6.45) is 1.43. The van der Waals surface area contributed by atoms with Gasteiger partial charge in [0, 0.05) is 6.21 Å². The van der Waals surface area contributed by atoms with Crippen LogP contribution in [0.1, 0.15) is 5.56 Å². The van der Waals surface area contributed by atoms with Crippen LogP contribution in [0, 0.1) is 10.1 Å². The SMILES string of the molecule is COc1ccc(N=Cc2cc3c(cc2[N+](=O)[O-])OCO3)cc1. The third-order valence-corrected chi connectivity index (χ3v) is 3.14. The molecule has 2 aromatic carbocycles. The molecule has 0 saturated carbocycles. The molecule has 1 aliphatic rings. The number of hydrogen-bond donors (Lipinski definition) is 0. The Balaban J connectivity index is 1.93. The van der Waals surface area contributed by atoms with Gasteiger partial charge in [-0.1, -0.05) is 0 Å². The van der Waals surface area contributed by atoms with Crippen LogP contribution >= 0.6 is 0 Å². The van der Waals surface area contributed by atoms with Gasteiger partial charge in [0.15, 0.2) is 11.5 Å². The zero-order valence-corrected chi connectivity index (χ0v) is 11.7. The van der Waals surface area contributed by atoms with Crippen LogP contribution in [0.4, 0.5) is 11.4 Å². The quantitative estimate of drug-likeness (QED) is 0.492. The summed E-state index contributed by atoms with van der Waals surface area (Å²) in [4.78, 5) is 14.9. The fourth-order valence-electron chi connectivity index (χ4n) is 2.02. The van der Waals surface area contributed by atoms with Crippen molar-refractivity contribution in [1.82, 2.24) is 0 Å². The second-order valence-electron chi connectivity index (χ2n) is 4.48. The van der Waals surface area contributed by atoms with Gasteiger partial charge in [0.25, 0.3) is 5.69 Å². The van der Waals surface area contributed by atoms with Gasteiger partial charge in [0.1, 0.15) is 5.75 Å². The van der Waals surface area contributed by atoms with E-state index in [0.717, 1.165) is 0 Å². The number of hydrogen-bond acceptors (Lipinski definition) is 6. The average molecular weight is 300 g/mol. The molecule has 2 aromatic rings. The minimum absolute atomic E-state index is 0.0611. The molecule has 0 saturated heterocycles. The molecule has 7 nitrogen and oxygen atoms in total. The lowest BCUT2D eigenvalue weighted by Crippen LogP contribution is -1.94. The summed E-state index contributed by atoms with van der Waals surface area (Å²) in [6.45, 7) is 0.0611. The van der Waals surface area contributed by atoms with Crippen LogP contribution in [0.25, 0.3) is 0 Å². The van der Waals surface area contributed by atoms with Crippen molar-refractivity contribution in [2.45, 2.75) is 0 Å². The average Bonchev–Trinajstić information content (AvgIpc) is 2.99. The molecule has 0 N–H and O–H groups in total. The normalized spacial score (nSPS) is 12.6. The first-order valence-corrected chi connectivity index (χ1v) is 6.43. The smallest absolute Gasteiger partial charge is 0.282 e. The Bertz CT molecular complexity index is 740. The molecule has 3 rings (SSSR count). The first-order valence-electron chi connectivity index (χ1n) is 6.43. The van der Waals surface area contributed by atoms with E-state index in [1.807, 2.05) is 0 Å². The molecule has 0 spiro atoms. The van der Waals surface area contributed by atoms with Gasteiger partial charge in [0.05, 0.1) is 29.4 Å². The highest BCUT2D eigenvalue weighted by atomic mass is 16.7. The van der Waals surface area contributed by atoms with Gasteiger partial charge < -0.3 is 14.2 Å². The summed E-state index contributed by atoms with van der Waals surface area (Å²) < 4.78 is 15.4. The summed E-state index contributed by atoms with van der Waals surface area (Å²) >= 11 is 0. The third-order valence-electron chi connectivity index (χ3n) is 3.14. The van der Waals surface area contributed by atoms with Crippen molar-refractivity contribution in [2.75, 3.05) is 13.9 Å². The fourth-order valence-corrected chi connectivity index (χ4v) is 2.02. The number of rotatable bonds is 4. The van der Waals surface area contributed by atoms with Gasteiger partial charge in [-0.2, -0.15) is 0 Å². The monoisotopic (exact) mass is 300 g/mol. The highest BCUT2D eigenvalue weighted by Crippen LogP contribution is 2.37. The number of fused-ring (bicyclic) bond motifs is 1. The Morgan fingerprint density at radius 2 is 1.91 bits per heavy atom. The molecule has 0 radical (unpaired) electrons. The molecule has 22 heavy (non-hydrogen) atoms. The zero-order valence-electron chi connectivity index (χ0n) is 11.7. The van der Waals surface area contributed by atoms with Crippen LogP contribution < -0.4 is 14.2 Å². The van der Waals surface area contributed by atoms with Gasteiger partial charge in [0.2, 0.25) is 6.79 Å². The second kappa shape index (κ2) is 5.72. The van der Waals surface area contributed by atoms with Crippen LogP contribution in [0.2, 0.25) is 0 Å². The number of nitro groups is 1. The summed E-state index contributed by atoms with van der Waals surface area (Å²) in [6, 6.07) is 9.94. The Morgan fingerprint density at radius 1 is 1.23 bits per heavy atom. The van der Waals surface area contributed by atoms with Gasteiger partial charge in [-0.3, -0.25) is 15.1 Å². The van der Waals surface area contributed by atoms with Crippen molar-refractivity contribution in [3.8, 4) is 17.2 Å². The van der Waals surface area contributed by atoms with Crippen molar-refractivity contribution in [1.29, 1.82) is 0 Å². The molecule has 1 aliphatic heterocycles. The fraction of sp³-hybridized carbons (Fsp3) is 0.133. The molecule has 0 atom stereocenters. The lowest BCUT2D eigenvalue weighted by atomic mass is 10.1. The predicted molar refractivity (Wildman–Crippen MR) is 79.5 cm³/mol.